The van der Waals surface area contributed by atoms with Gasteiger partial charge in [-0.2, -0.15) is 4.31 Å². The number of anilines is 1. The summed E-state index contributed by atoms with van der Waals surface area (Å²) in [5, 5.41) is 5.56. The first kappa shape index (κ1) is 26.3. The fourth-order valence-electron chi connectivity index (χ4n) is 4.34. The summed E-state index contributed by atoms with van der Waals surface area (Å²) in [4.78, 5) is 42.7. The molecule has 0 radical (unpaired) electrons. The first-order valence-electron chi connectivity index (χ1n) is 11.8. The van der Waals surface area contributed by atoms with Gasteiger partial charge >= 0.3 is 6.03 Å². The number of likely N-dealkylation sites (N-methyl/N-ethyl adjacent to an activating group) is 1. The summed E-state index contributed by atoms with van der Waals surface area (Å²) >= 11 is 1.32. The van der Waals surface area contributed by atoms with E-state index >= 15 is 0 Å². The minimum Gasteiger partial charge on any atom is -0.331 e. The maximum Gasteiger partial charge on any atom is 0.323 e. The van der Waals surface area contributed by atoms with Crippen LogP contribution in [0.15, 0.2) is 29.2 Å². The zero-order valence-corrected chi connectivity index (χ0v) is 22.3. The van der Waals surface area contributed by atoms with Gasteiger partial charge < -0.3 is 15.1 Å². The standard InChI is InChI=1S/C24H31N5O5S2/c1-27(2)24(32)26-22(31)20-18-11-14-28(3)15-19(18)35-23(20)25-21(30)16-7-9-17(10-8-16)36(33,34)29-12-5-4-6-13-29/h7-10H,4-6,11-15H2,1-3H3,(H,25,30)(H,26,31,32). The smallest absolute Gasteiger partial charge is 0.323 e. The van der Waals surface area contributed by atoms with Gasteiger partial charge in [-0.3, -0.25) is 14.9 Å². The Hall–Kier alpha value is -2.80. The molecule has 2 aliphatic rings. The van der Waals surface area contributed by atoms with E-state index in [4.69, 9.17) is 0 Å². The molecule has 36 heavy (non-hydrogen) atoms. The average Bonchev–Trinajstić information content (AvgIpc) is 3.21. The number of fused-ring (bicyclic) bond motifs is 1. The summed E-state index contributed by atoms with van der Waals surface area (Å²) in [6.07, 6.45) is 3.34. The van der Waals surface area contributed by atoms with E-state index in [1.165, 1.54) is 44.8 Å². The Labute approximate surface area is 215 Å². The van der Waals surface area contributed by atoms with Crippen LogP contribution in [-0.2, 0) is 23.0 Å². The van der Waals surface area contributed by atoms with E-state index in [2.05, 4.69) is 15.5 Å². The molecular formula is C24H31N5O5S2. The van der Waals surface area contributed by atoms with Crippen LogP contribution in [0.4, 0.5) is 9.80 Å². The number of nitrogens with one attached hydrogen (secondary N) is 2. The summed E-state index contributed by atoms with van der Waals surface area (Å²) in [5.74, 6) is -1.02. The second-order valence-electron chi connectivity index (χ2n) is 9.29. The van der Waals surface area contributed by atoms with E-state index in [9.17, 15) is 22.8 Å². The van der Waals surface area contributed by atoms with Crippen LogP contribution in [0.5, 0.6) is 0 Å². The van der Waals surface area contributed by atoms with Gasteiger partial charge in [0.25, 0.3) is 11.8 Å². The number of carbonyl (C=O) groups excluding carboxylic acids is 3. The molecule has 1 saturated heterocycles. The molecule has 194 valence electrons. The number of hydrogen-bond acceptors (Lipinski definition) is 7. The maximum absolute atomic E-state index is 13.1. The summed E-state index contributed by atoms with van der Waals surface area (Å²) in [6.45, 7) is 2.40. The van der Waals surface area contributed by atoms with Gasteiger partial charge in [0, 0.05) is 50.7 Å². The molecule has 3 heterocycles. The fourth-order valence-corrected chi connectivity index (χ4v) is 7.18. The van der Waals surface area contributed by atoms with Crippen molar-refractivity contribution in [3.8, 4) is 0 Å². The normalized spacial score (nSPS) is 16.8. The molecular weight excluding hydrogens is 502 g/mol. The number of nitrogens with zero attached hydrogens (tertiary/aromatic N) is 3. The van der Waals surface area contributed by atoms with Crippen LogP contribution in [0, 0.1) is 0 Å². The van der Waals surface area contributed by atoms with Crippen molar-refractivity contribution in [3.05, 3.63) is 45.8 Å². The second-order valence-corrected chi connectivity index (χ2v) is 12.3. The van der Waals surface area contributed by atoms with Crippen molar-refractivity contribution in [3.63, 3.8) is 0 Å². The van der Waals surface area contributed by atoms with Gasteiger partial charge in [-0.05, 0) is 56.1 Å². The Morgan fingerprint density at radius 1 is 0.972 bits per heavy atom. The highest BCUT2D eigenvalue weighted by atomic mass is 32.2. The molecule has 0 aliphatic carbocycles. The Bertz CT molecular complexity index is 1260. The Morgan fingerprint density at radius 3 is 2.28 bits per heavy atom. The third-order valence-corrected chi connectivity index (χ3v) is 9.44. The highest BCUT2D eigenvalue weighted by Crippen LogP contribution is 2.37. The number of sulfonamides is 1. The first-order valence-corrected chi connectivity index (χ1v) is 14.1. The third-order valence-electron chi connectivity index (χ3n) is 6.40. The fraction of sp³-hybridized carbons (Fsp3) is 0.458. The Balaban J connectivity index is 1.57. The predicted octanol–water partition coefficient (Wildman–Crippen LogP) is 2.57. The van der Waals surface area contributed by atoms with E-state index in [1.54, 1.807) is 14.1 Å². The summed E-state index contributed by atoms with van der Waals surface area (Å²) < 4.78 is 27.3. The maximum atomic E-state index is 13.1. The minimum atomic E-state index is -3.60. The number of imide groups is 1. The summed E-state index contributed by atoms with van der Waals surface area (Å²) in [7, 11) is 1.47. The second kappa shape index (κ2) is 10.7. The van der Waals surface area contributed by atoms with Crippen molar-refractivity contribution >= 4 is 44.2 Å². The largest absolute Gasteiger partial charge is 0.331 e. The number of urea groups is 1. The van der Waals surface area contributed by atoms with Crippen LogP contribution in [0.1, 0.15) is 50.4 Å². The lowest BCUT2D eigenvalue weighted by Crippen LogP contribution is -2.39. The number of hydrogen-bond donors (Lipinski definition) is 2. The van der Waals surface area contributed by atoms with Crippen molar-refractivity contribution in [2.24, 2.45) is 0 Å². The molecule has 1 fully saturated rings. The molecule has 2 aromatic rings. The lowest BCUT2D eigenvalue weighted by molar-refractivity contribution is 0.0956. The zero-order chi connectivity index (χ0) is 26.0. The van der Waals surface area contributed by atoms with Gasteiger partial charge in [0.05, 0.1) is 10.5 Å². The molecule has 2 N–H and O–H groups in total. The van der Waals surface area contributed by atoms with Gasteiger partial charge in [-0.25, -0.2) is 13.2 Å². The lowest BCUT2D eigenvalue weighted by atomic mass is 10.0. The molecule has 1 aromatic carbocycles. The molecule has 0 atom stereocenters. The molecule has 0 unspecified atom stereocenters. The van der Waals surface area contributed by atoms with E-state index in [0.29, 0.717) is 36.6 Å². The van der Waals surface area contributed by atoms with E-state index < -0.39 is 27.9 Å². The molecule has 2 aliphatic heterocycles. The molecule has 0 spiro atoms. The van der Waals surface area contributed by atoms with Gasteiger partial charge in [0.15, 0.2) is 0 Å². The molecule has 0 saturated carbocycles. The van der Waals surface area contributed by atoms with Gasteiger partial charge in [-0.1, -0.05) is 6.42 Å². The monoisotopic (exact) mass is 533 g/mol. The van der Waals surface area contributed by atoms with Gasteiger partial charge in [0.1, 0.15) is 5.00 Å². The van der Waals surface area contributed by atoms with Crippen molar-refractivity contribution in [2.45, 2.75) is 37.1 Å². The molecule has 12 heteroatoms. The quantitative estimate of drug-likeness (QED) is 0.610. The average molecular weight is 534 g/mol. The van der Waals surface area contributed by atoms with Crippen LogP contribution in [0.25, 0.3) is 0 Å². The molecule has 1 aromatic heterocycles. The number of amides is 4. The van der Waals surface area contributed by atoms with Crippen molar-refractivity contribution < 1.29 is 22.8 Å². The highest BCUT2D eigenvalue weighted by Gasteiger charge is 2.30. The zero-order valence-electron chi connectivity index (χ0n) is 20.7. The van der Waals surface area contributed by atoms with Crippen LogP contribution in [0.2, 0.25) is 0 Å². The molecule has 10 nitrogen and oxygen atoms in total. The SMILES string of the molecule is CN1CCc2c(sc(NC(=O)c3ccc(S(=O)(=O)N4CCCCC4)cc3)c2C(=O)NC(=O)N(C)C)C1. The van der Waals surface area contributed by atoms with Crippen molar-refractivity contribution in [1.82, 2.24) is 19.4 Å². The molecule has 4 amide bonds. The topological polar surface area (TPSA) is 119 Å². The van der Waals surface area contributed by atoms with Gasteiger partial charge in [0.2, 0.25) is 10.0 Å². The van der Waals surface area contributed by atoms with Crippen LogP contribution < -0.4 is 10.6 Å². The summed E-state index contributed by atoms with van der Waals surface area (Å²) in [5.41, 5.74) is 1.41. The molecule has 4 rings (SSSR count). The van der Waals surface area contributed by atoms with Gasteiger partial charge in [-0.15, -0.1) is 11.3 Å². The lowest BCUT2D eigenvalue weighted by Gasteiger charge is -2.25. The Morgan fingerprint density at radius 2 is 1.64 bits per heavy atom. The number of benzene rings is 1. The molecule has 0 bridgehead atoms. The minimum absolute atomic E-state index is 0.151. The van der Waals surface area contributed by atoms with E-state index in [0.717, 1.165) is 36.2 Å². The Kier molecular flexibility index (Phi) is 7.79. The third kappa shape index (κ3) is 5.46. The number of carbonyl (C=O) groups is 3. The number of piperidine rings is 1. The van der Waals surface area contributed by atoms with Crippen LogP contribution >= 0.6 is 11.3 Å². The predicted molar refractivity (Wildman–Crippen MR) is 138 cm³/mol. The highest BCUT2D eigenvalue weighted by molar-refractivity contribution is 7.89. The van der Waals surface area contributed by atoms with E-state index in [-0.39, 0.29) is 10.5 Å². The van der Waals surface area contributed by atoms with Crippen molar-refractivity contribution in [2.75, 3.05) is 46.1 Å². The van der Waals surface area contributed by atoms with Crippen LogP contribution in [0.3, 0.4) is 0 Å². The summed E-state index contributed by atoms with van der Waals surface area (Å²) in [6, 6.07) is 5.29. The first-order chi connectivity index (χ1) is 17.1. The van der Waals surface area contributed by atoms with Crippen molar-refractivity contribution in [1.29, 1.82) is 0 Å². The van der Waals surface area contributed by atoms with E-state index in [1.807, 2.05) is 7.05 Å². The number of rotatable bonds is 5. The van der Waals surface area contributed by atoms with Crippen LogP contribution in [-0.4, -0.2) is 81.1 Å². The number of thiophene rings is 1.